The summed E-state index contributed by atoms with van der Waals surface area (Å²) in [6.07, 6.45) is 0. The summed E-state index contributed by atoms with van der Waals surface area (Å²) in [5, 5.41) is 19.3. The molecule has 108 valence electrons. The largest absolute Gasteiger partial charge is 0.478 e. The molecule has 0 fully saturated rings. The Balaban J connectivity index is 2.20. The minimum atomic E-state index is -1.34. The lowest BCUT2D eigenvalue weighted by Gasteiger charge is -2.03. The molecule has 0 saturated carbocycles. The molecular formula is C13H10FN3O3S. The monoisotopic (exact) mass is 307 g/mol. The molecule has 0 saturated heterocycles. The van der Waals surface area contributed by atoms with Crippen molar-refractivity contribution >= 4 is 23.6 Å². The van der Waals surface area contributed by atoms with Crippen LogP contribution < -0.4 is 5.32 Å². The third-order valence-corrected chi connectivity index (χ3v) is 3.41. The minimum absolute atomic E-state index is 0.173. The van der Waals surface area contributed by atoms with Gasteiger partial charge in [0.05, 0.1) is 5.56 Å². The number of hydrogen-bond donors (Lipinski definition) is 2. The number of halogens is 1. The number of nitrogens with zero attached hydrogens (tertiary/aromatic N) is 2. The zero-order valence-electron chi connectivity index (χ0n) is 10.8. The van der Waals surface area contributed by atoms with Crippen LogP contribution in [-0.4, -0.2) is 34.2 Å². The molecule has 0 aliphatic rings. The molecule has 0 bridgehead atoms. The quantitative estimate of drug-likeness (QED) is 0.895. The molecule has 2 aromatic rings. The Morgan fingerprint density at radius 2 is 2.00 bits per heavy atom. The van der Waals surface area contributed by atoms with E-state index in [9.17, 15) is 14.0 Å². The number of carboxylic acids is 1. The number of aromatic nitrogens is 2. The van der Waals surface area contributed by atoms with Gasteiger partial charge in [-0.2, -0.15) is 0 Å². The van der Waals surface area contributed by atoms with Gasteiger partial charge in [0.2, 0.25) is 0 Å². The van der Waals surface area contributed by atoms with Gasteiger partial charge in [-0.3, -0.25) is 4.79 Å². The van der Waals surface area contributed by atoms with Gasteiger partial charge in [-0.1, -0.05) is 11.8 Å². The number of aromatic carboxylic acids is 1. The zero-order valence-corrected chi connectivity index (χ0v) is 11.6. The maximum atomic E-state index is 13.3. The lowest BCUT2D eigenvalue weighted by Crippen LogP contribution is -2.19. The highest BCUT2D eigenvalue weighted by Gasteiger charge is 2.12. The van der Waals surface area contributed by atoms with Crippen molar-refractivity contribution in [3.63, 3.8) is 0 Å². The van der Waals surface area contributed by atoms with Gasteiger partial charge in [0, 0.05) is 11.9 Å². The topological polar surface area (TPSA) is 92.2 Å². The van der Waals surface area contributed by atoms with Gasteiger partial charge in [0.1, 0.15) is 10.8 Å². The Labute approximate surface area is 123 Å². The Morgan fingerprint density at radius 3 is 2.57 bits per heavy atom. The van der Waals surface area contributed by atoms with Crippen LogP contribution in [0, 0.1) is 5.82 Å². The van der Waals surface area contributed by atoms with E-state index in [0.717, 1.165) is 17.8 Å². The van der Waals surface area contributed by atoms with Crippen molar-refractivity contribution in [2.45, 2.75) is 9.92 Å². The van der Waals surface area contributed by atoms with Crippen LogP contribution >= 0.6 is 11.8 Å². The average Bonchev–Trinajstić information content (AvgIpc) is 2.49. The third kappa shape index (κ3) is 3.54. The third-order valence-electron chi connectivity index (χ3n) is 2.49. The van der Waals surface area contributed by atoms with Crippen LogP contribution in [-0.2, 0) is 0 Å². The molecule has 1 amide bonds. The summed E-state index contributed by atoms with van der Waals surface area (Å²) in [5.41, 5.74) is -0.234. The summed E-state index contributed by atoms with van der Waals surface area (Å²) < 4.78 is 13.3. The van der Waals surface area contributed by atoms with Crippen LogP contribution in [0.5, 0.6) is 0 Å². The van der Waals surface area contributed by atoms with E-state index in [1.54, 1.807) is 6.07 Å². The highest BCUT2D eigenvalue weighted by atomic mass is 32.2. The van der Waals surface area contributed by atoms with Gasteiger partial charge in [0.25, 0.3) is 5.91 Å². The summed E-state index contributed by atoms with van der Waals surface area (Å²) in [6.45, 7) is 0. The number of carbonyl (C=O) groups excluding carboxylic acids is 1. The zero-order chi connectivity index (χ0) is 15.4. The van der Waals surface area contributed by atoms with Crippen molar-refractivity contribution in [3.8, 4) is 0 Å². The molecule has 0 unspecified atom stereocenters. The molecule has 1 aromatic carbocycles. The molecule has 1 heterocycles. The van der Waals surface area contributed by atoms with Gasteiger partial charge >= 0.3 is 5.97 Å². The van der Waals surface area contributed by atoms with Crippen molar-refractivity contribution in [1.82, 2.24) is 15.5 Å². The normalized spacial score (nSPS) is 10.2. The molecule has 0 atom stereocenters. The smallest absolute Gasteiger partial charge is 0.338 e. The number of benzene rings is 1. The standard InChI is InChI=1S/C13H10FN3O3S/c1-15-12(18)10-4-5-11(17-16-10)21-7-2-3-9(14)8(6-7)13(19)20/h2-6H,1H3,(H,15,18)(H,19,20). The number of carbonyl (C=O) groups is 2. The van der Waals surface area contributed by atoms with Crippen LogP contribution in [0.25, 0.3) is 0 Å². The average molecular weight is 307 g/mol. The molecular weight excluding hydrogens is 297 g/mol. The molecule has 2 rings (SSSR count). The van der Waals surface area contributed by atoms with Gasteiger partial charge < -0.3 is 10.4 Å². The Morgan fingerprint density at radius 1 is 1.24 bits per heavy atom. The van der Waals surface area contributed by atoms with Crippen molar-refractivity contribution < 1.29 is 19.1 Å². The molecule has 0 radical (unpaired) electrons. The first-order valence-electron chi connectivity index (χ1n) is 5.78. The van der Waals surface area contributed by atoms with Crippen molar-refractivity contribution in [1.29, 1.82) is 0 Å². The first-order valence-corrected chi connectivity index (χ1v) is 6.59. The molecule has 21 heavy (non-hydrogen) atoms. The SMILES string of the molecule is CNC(=O)c1ccc(Sc2ccc(F)c(C(=O)O)c2)nn1. The van der Waals surface area contributed by atoms with E-state index < -0.39 is 17.3 Å². The highest BCUT2D eigenvalue weighted by molar-refractivity contribution is 7.99. The van der Waals surface area contributed by atoms with E-state index in [4.69, 9.17) is 5.11 Å². The molecule has 1 aromatic heterocycles. The van der Waals surface area contributed by atoms with Crippen LogP contribution in [0.3, 0.4) is 0 Å². The molecule has 0 spiro atoms. The Kier molecular flexibility index (Phi) is 4.49. The first-order chi connectivity index (χ1) is 10.0. The maximum Gasteiger partial charge on any atom is 0.338 e. The predicted octanol–water partition coefficient (Wildman–Crippen LogP) is 1.82. The van der Waals surface area contributed by atoms with Crippen molar-refractivity contribution in [2.75, 3.05) is 7.05 Å². The van der Waals surface area contributed by atoms with E-state index in [-0.39, 0.29) is 11.6 Å². The van der Waals surface area contributed by atoms with Crippen LogP contribution in [0.2, 0.25) is 0 Å². The fourth-order valence-corrected chi connectivity index (χ4v) is 2.25. The van der Waals surface area contributed by atoms with E-state index in [0.29, 0.717) is 9.92 Å². The Bertz CT molecular complexity index is 692. The van der Waals surface area contributed by atoms with Gasteiger partial charge in [0.15, 0.2) is 5.69 Å². The van der Waals surface area contributed by atoms with E-state index in [2.05, 4.69) is 15.5 Å². The molecule has 6 nitrogen and oxygen atoms in total. The van der Waals surface area contributed by atoms with E-state index in [1.807, 2.05) is 0 Å². The van der Waals surface area contributed by atoms with E-state index in [1.165, 1.54) is 25.2 Å². The number of carboxylic acid groups (broad SMARTS) is 1. The van der Waals surface area contributed by atoms with Crippen LogP contribution in [0.4, 0.5) is 4.39 Å². The van der Waals surface area contributed by atoms with Crippen molar-refractivity contribution in [3.05, 3.63) is 47.4 Å². The fraction of sp³-hybridized carbons (Fsp3) is 0.0769. The minimum Gasteiger partial charge on any atom is -0.478 e. The summed E-state index contributed by atoms with van der Waals surface area (Å²) in [5.74, 6) is -2.49. The van der Waals surface area contributed by atoms with Gasteiger partial charge in [-0.25, -0.2) is 9.18 Å². The number of rotatable bonds is 4. The second-order valence-electron chi connectivity index (χ2n) is 3.88. The second kappa shape index (κ2) is 6.31. The summed E-state index contributed by atoms with van der Waals surface area (Å²) in [7, 11) is 1.48. The van der Waals surface area contributed by atoms with Gasteiger partial charge in [-0.15, -0.1) is 10.2 Å². The highest BCUT2D eigenvalue weighted by Crippen LogP contribution is 2.27. The summed E-state index contributed by atoms with van der Waals surface area (Å²) in [4.78, 5) is 22.7. The summed E-state index contributed by atoms with van der Waals surface area (Å²) >= 11 is 1.12. The van der Waals surface area contributed by atoms with Crippen molar-refractivity contribution in [2.24, 2.45) is 0 Å². The molecule has 2 N–H and O–H groups in total. The van der Waals surface area contributed by atoms with Crippen LogP contribution in [0.15, 0.2) is 40.3 Å². The van der Waals surface area contributed by atoms with Gasteiger partial charge in [-0.05, 0) is 30.3 Å². The Hall–Kier alpha value is -2.48. The van der Waals surface area contributed by atoms with E-state index >= 15 is 0 Å². The fourth-order valence-electron chi connectivity index (χ4n) is 1.48. The number of amides is 1. The lowest BCUT2D eigenvalue weighted by molar-refractivity contribution is 0.0691. The lowest BCUT2D eigenvalue weighted by atomic mass is 10.2. The van der Waals surface area contributed by atoms with Crippen LogP contribution in [0.1, 0.15) is 20.8 Å². The molecule has 0 aliphatic heterocycles. The second-order valence-corrected chi connectivity index (χ2v) is 4.98. The first kappa shape index (κ1) is 14.9. The molecule has 0 aliphatic carbocycles. The number of hydrogen-bond acceptors (Lipinski definition) is 5. The number of nitrogens with one attached hydrogen (secondary N) is 1. The predicted molar refractivity (Wildman–Crippen MR) is 72.9 cm³/mol. The summed E-state index contributed by atoms with van der Waals surface area (Å²) in [6, 6.07) is 6.82. The molecule has 8 heteroatoms. The maximum absolute atomic E-state index is 13.3.